The molecule has 2 aromatic heterocycles. The SMILES string of the molecule is Cc1cc(Br)ccc1Oc1cccc2nccn12. The fourth-order valence-corrected chi connectivity index (χ4v) is 2.32. The number of fused-ring (bicyclic) bond motifs is 1. The summed E-state index contributed by atoms with van der Waals surface area (Å²) in [6.45, 7) is 2.02. The predicted octanol–water partition coefficient (Wildman–Crippen LogP) is 4.20. The lowest BCUT2D eigenvalue weighted by molar-refractivity contribution is 0.453. The Hall–Kier alpha value is -1.81. The van der Waals surface area contributed by atoms with E-state index in [0.717, 1.165) is 27.3 Å². The maximum absolute atomic E-state index is 5.94. The van der Waals surface area contributed by atoms with Gasteiger partial charge in [0.2, 0.25) is 5.88 Å². The predicted molar refractivity (Wildman–Crippen MR) is 74.1 cm³/mol. The molecule has 0 atom stereocenters. The van der Waals surface area contributed by atoms with Crippen molar-refractivity contribution in [1.82, 2.24) is 9.38 Å². The van der Waals surface area contributed by atoms with Crippen LogP contribution in [0, 0.1) is 6.92 Å². The van der Waals surface area contributed by atoms with Crippen LogP contribution in [-0.2, 0) is 0 Å². The first-order valence-corrected chi connectivity index (χ1v) is 6.39. The van der Waals surface area contributed by atoms with Crippen LogP contribution < -0.4 is 4.74 Å². The molecule has 0 aliphatic heterocycles. The summed E-state index contributed by atoms with van der Waals surface area (Å²) in [7, 11) is 0. The third kappa shape index (κ3) is 1.99. The number of nitrogens with zero attached hydrogens (tertiary/aromatic N) is 2. The molecule has 0 bridgehead atoms. The Labute approximate surface area is 113 Å². The van der Waals surface area contributed by atoms with Crippen molar-refractivity contribution in [3.63, 3.8) is 0 Å². The molecule has 0 N–H and O–H groups in total. The molecule has 0 radical (unpaired) electrons. The number of benzene rings is 1. The topological polar surface area (TPSA) is 26.5 Å². The van der Waals surface area contributed by atoms with Crippen LogP contribution in [0.4, 0.5) is 0 Å². The number of hydrogen-bond donors (Lipinski definition) is 0. The van der Waals surface area contributed by atoms with Gasteiger partial charge in [-0.25, -0.2) is 4.98 Å². The molecule has 0 aliphatic rings. The van der Waals surface area contributed by atoms with Gasteiger partial charge >= 0.3 is 0 Å². The molecule has 3 nitrogen and oxygen atoms in total. The third-order valence-electron chi connectivity index (χ3n) is 2.74. The highest BCUT2D eigenvalue weighted by Crippen LogP contribution is 2.27. The molecule has 18 heavy (non-hydrogen) atoms. The number of aryl methyl sites for hydroxylation is 1. The summed E-state index contributed by atoms with van der Waals surface area (Å²) in [6, 6.07) is 11.8. The van der Waals surface area contributed by atoms with Crippen molar-refractivity contribution in [1.29, 1.82) is 0 Å². The van der Waals surface area contributed by atoms with Crippen molar-refractivity contribution < 1.29 is 4.74 Å². The van der Waals surface area contributed by atoms with E-state index < -0.39 is 0 Å². The Morgan fingerprint density at radius 3 is 2.94 bits per heavy atom. The van der Waals surface area contributed by atoms with Crippen molar-refractivity contribution in [3.8, 4) is 11.6 Å². The van der Waals surface area contributed by atoms with E-state index in [1.165, 1.54) is 0 Å². The maximum Gasteiger partial charge on any atom is 0.205 e. The molecule has 2 heterocycles. The fraction of sp³-hybridized carbons (Fsp3) is 0.0714. The van der Waals surface area contributed by atoms with Crippen molar-refractivity contribution >= 4 is 21.6 Å². The highest BCUT2D eigenvalue weighted by Gasteiger charge is 2.05. The van der Waals surface area contributed by atoms with Crippen LogP contribution in [0.2, 0.25) is 0 Å². The minimum atomic E-state index is 0.760. The van der Waals surface area contributed by atoms with Crippen molar-refractivity contribution in [2.75, 3.05) is 0 Å². The van der Waals surface area contributed by atoms with Crippen molar-refractivity contribution in [2.24, 2.45) is 0 Å². The Morgan fingerprint density at radius 1 is 1.22 bits per heavy atom. The molecule has 0 aliphatic carbocycles. The zero-order valence-electron chi connectivity index (χ0n) is 9.80. The molecule has 0 spiro atoms. The monoisotopic (exact) mass is 302 g/mol. The van der Waals surface area contributed by atoms with Crippen LogP contribution in [0.5, 0.6) is 11.6 Å². The van der Waals surface area contributed by atoms with Crippen LogP contribution in [0.25, 0.3) is 5.65 Å². The van der Waals surface area contributed by atoms with Crippen molar-refractivity contribution in [3.05, 3.63) is 58.8 Å². The summed E-state index contributed by atoms with van der Waals surface area (Å²) in [5.41, 5.74) is 1.96. The van der Waals surface area contributed by atoms with Gasteiger partial charge in [0.1, 0.15) is 11.4 Å². The van der Waals surface area contributed by atoms with Gasteiger partial charge in [-0.15, -0.1) is 0 Å². The normalized spacial score (nSPS) is 10.8. The number of aromatic nitrogens is 2. The van der Waals surface area contributed by atoms with E-state index in [-0.39, 0.29) is 0 Å². The lowest BCUT2D eigenvalue weighted by Crippen LogP contribution is -1.94. The van der Waals surface area contributed by atoms with Crippen LogP contribution in [0.3, 0.4) is 0 Å². The van der Waals surface area contributed by atoms with Gasteiger partial charge in [0.05, 0.1) is 0 Å². The second-order valence-corrected chi connectivity index (χ2v) is 4.95. The zero-order chi connectivity index (χ0) is 12.5. The van der Waals surface area contributed by atoms with Crippen LogP contribution in [0.1, 0.15) is 5.56 Å². The number of imidazole rings is 1. The molecule has 4 heteroatoms. The molecule has 0 unspecified atom stereocenters. The Kier molecular flexibility index (Phi) is 2.80. The Balaban J connectivity index is 2.03. The third-order valence-corrected chi connectivity index (χ3v) is 3.24. The van der Waals surface area contributed by atoms with Crippen molar-refractivity contribution in [2.45, 2.75) is 6.92 Å². The molecular weight excluding hydrogens is 292 g/mol. The molecule has 3 aromatic rings. The van der Waals surface area contributed by atoms with E-state index >= 15 is 0 Å². The van der Waals surface area contributed by atoms with E-state index in [1.54, 1.807) is 6.20 Å². The Morgan fingerprint density at radius 2 is 2.11 bits per heavy atom. The molecule has 0 saturated heterocycles. The van der Waals surface area contributed by atoms with Gasteiger partial charge in [-0.2, -0.15) is 0 Å². The molecule has 0 saturated carbocycles. The smallest absolute Gasteiger partial charge is 0.205 e. The van der Waals surface area contributed by atoms with Gasteiger partial charge in [0.15, 0.2) is 0 Å². The number of hydrogen-bond acceptors (Lipinski definition) is 2. The first-order valence-electron chi connectivity index (χ1n) is 5.60. The summed E-state index contributed by atoms with van der Waals surface area (Å²) < 4.78 is 8.91. The van der Waals surface area contributed by atoms with Gasteiger partial charge in [-0.3, -0.25) is 4.40 Å². The quantitative estimate of drug-likeness (QED) is 0.709. The standard InChI is InChI=1S/C14H11BrN2O/c1-10-9-11(15)5-6-12(10)18-14-4-2-3-13-16-7-8-17(13)14/h2-9H,1H3. The number of pyridine rings is 1. The Bertz CT molecular complexity index is 706. The lowest BCUT2D eigenvalue weighted by atomic mass is 10.2. The summed E-state index contributed by atoms with van der Waals surface area (Å²) in [6.07, 6.45) is 3.65. The minimum Gasteiger partial charge on any atom is -0.440 e. The average molecular weight is 303 g/mol. The fourth-order valence-electron chi connectivity index (χ4n) is 1.84. The highest BCUT2D eigenvalue weighted by molar-refractivity contribution is 9.10. The van der Waals surface area contributed by atoms with Gasteiger partial charge in [0.25, 0.3) is 0 Å². The molecule has 0 amide bonds. The molecular formula is C14H11BrN2O. The van der Waals surface area contributed by atoms with E-state index in [1.807, 2.05) is 53.9 Å². The van der Waals surface area contributed by atoms with Gasteiger partial charge in [0, 0.05) is 16.9 Å². The first-order chi connectivity index (χ1) is 8.74. The maximum atomic E-state index is 5.94. The second-order valence-electron chi connectivity index (χ2n) is 4.03. The summed E-state index contributed by atoms with van der Waals surface area (Å²) >= 11 is 3.44. The minimum absolute atomic E-state index is 0.760. The largest absolute Gasteiger partial charge is 0.440 e. The van der Waals surface area contributed by atoms with Gasteiger partial charge in [-0.1, -0.05) is 22.0 Å². The molecule has 90 valence electrons. The number of rotatable bonds is 2. The van der Waals surface area contributed by atoms with E-state index in [2.05, 4.69) is 20.9 Å². The van der Waals surface area contributed by atoms with E-state index in [4.69, 9.17) is 4.74 Å². The molecule has 3 rings (SSSR count). The van der Waals surface area contributed by atoms with Crippen LogP contribution in [-0.4, -0.2) is 9.38 Å². The second kappa shape index (κ2) is 4.46. The van der Waals surface area contributed by atoms with Gasteiger partial charge < -0.3 is 4.74 Å². The summed E-state index contributed by atoms with van der Waals surface area (Å²) in [4.78, 5) is 4.23. The van der Waals surface area contributed by atoms with Crippen LogP contribution >= 0.6 is 15.9 Å². The average Bonchev–Trinajstić information content (AvgIpc) is 2.82. The van der Waals surface area contributed by atoms with E-state index in [9.17, 15) is 0 Å². The summed E-state index contributed by atoms with van der Waals surface area (Å²) in [5, 5.41) is 0. The van der Waals surface area contributed by atoms with Crippen LogP contribution in [0.15, 0.2) is 53.3 Å². The number of halogens is 1. The van der Waals surface area contributed by atoms with Gasteiger partial charge in [-0.05, 0) is 42.8 Å². The highest BCUT2D eigenvalue weighted by atomic mass is 79.9. The molecule has 0 fully saturated rings. The summed E-state index contributed by atoms with van der Waals surface area (Å²) in [5.74, 6) is 1.61. The first kappa shape index (κ1) is 11.3. The zero-order valence-corrected chi connectivity index (χ0v) is 11.4. The number of ether oxygens (including phenoxy) is 1. The lowest BCUT2D eigenvalue weighted by Gasteiger charge is -2.10. The van der Waals surface area contributed by atoms with E-state index in [0.29, 0.717) is 0 Å². The molecule has 1 aromatic carbocycles.